The Balaban J connectivity index is 2.27. The third-order valence-corrected chi connectivity index (χ3v) is 7.63. The Morgan fingerprint density at radius 1 is 0.474 bits per heavy atom. The topological polar surface area (TPSA) is 176 Å². The molecule has 0 aromatic carbocycles. The summed E-state index contributed by atoms with van der Waals surface area (Å²) >= 11 is 0. The molecule has 0 radical (unpaired) electrons. The normalized spacial score (nSPS) is 30.8. The van der Waals surface area contributed by atoms with Crippen LogP contribution in [0.3, 0.4) is 0 Å². The zero-order valence-corrected chi connectivity index (χ0v) is 23.2. The van der Waals surface area contributed by atoms with Gasteiger partial charge in [-0.15, -0.1) is 0 Å². The van der Waals surface area contributed by atoms with Crippen LogP contribution in [-0.4, -0.2) is 96.5 Å². The van der Waals surface area contributed by atoms with Crippen LogP contribution in [0, 0.1) is 0 Å². The third kappa shape index (κ3) is 9.63. The number of hydrogen-bond donors (Lipinski definition) is 0. The Bertz CT molecular complexity index is 838. The average Bonchev–Trinajstić information content (AvgIpc) is 2.76. The number of ether oxygens (including phenoxy) is 8. The highest BCUT2D eigenvalue weighted by atomic mass is 33.1. The predicted octanol–water partition coefficient (Wildman–Crippen LogP) is 0.671. The van der Waals surface area contributed by atoms with Gasteiger partial charge in [-0.05, 0) is 0 Å². The van der Waals surface area contributed by atoms with Crippen molar-refractivity contribution in [3.8, 4) is 0 Å². The van der Waals surface area contributed by atoms with Gasteiger partial charge in [0.2, 0.25) is 0 Å². The zero-order chi connectivity index (χ0) is 28.6. The van der Waals surface area contributed by atoms with Gasteiger partial charge in [-0.3, -0.25) is 28.8 Å². The molecule has 16 heteroatoms. The maximum Gasteiger partial charge on any atom is 0.303 e. The minimum atomic E-state index is -1.19. The molecule has 2 saturated heterocycles. The van der Waals surface area contributed by atoms with Crippen molar-refractivity contribution in [3.63, 3.8) is 0 Å². The molecule has 214 valence electrons. The molecule has 0 aromatic rings. The van der Waals surface area contributed by atoms with Gasteiger partial charge >= 0.3 is 35.8 Å². The molecule has 8 atom stereocenters. The SMILES string of the molecule is CC(=O)O[C@@H]1[C@H](OC(C)=O)[C@H](OC(C)=O)CO[C@@H]1SS[C@@H]1OC[C@@H](OC(C)=O)[C@@H](OC(C)=O)[C@H]1OC(C)=O. The summed E-state index contributed by atoms with van der Waals surface area (Å²) in [5, 5.41) is 0. The standard InChI is InChI=1S/C22H30O14S2/c1-9(23)31-15-7-29-21(19(35-13(5)27)17(15)33-11(3)25)37-38-22-20(36-14(6)28)18(34-12(4)26)16(8-30-22)32-10(2)24/h15-22H,7-8H2,1-6H3/t15-,16-,17-,18-,19-,20-,21-,22+/m1/s1. The van der Waals surface area contributed by atoms with E-state index in [4.69, 9.17) is 37.9 Å². The molecule has 2 aliphatic rings. The molecule has 0 amide bonds. The number of hydrogen-bond acceptors (Lipinski definition) is 16. The summed E-state index contributed by atoms with van der Waals surface area (Å²) in [4.78, 5) is 70.3. The van der Waals surface area contributed by atoms with Gasteiger partial charge in [0.05, 0.1) is 13.2 Å². The van der Waals surface area contributed by atoms with Crippen LogP contribution in [0.15, 0.2) is 0 Å². The van der Waals surface area contributed by atoms with E-state index >= 15 is 0 Å². The van der Waals surface area contributed by atoms with Crippen LogP contribution < -0.4 is 0 Å². The van der Waals surface area contributed by atoms with Gasteiger partial charge in [-0.1, -0.05) is 21.6 Å². The smallest absolute Gasteiger partial charge is 0.303 e. The summed E-state index contributed by atoms with van der Waals surface area (Å²) in [7, 11) is 1.99. The molecule has 2 rings (SSSR count). The van der Waals surface area contributed by atoms with E-state index in [1.54, 1.807) is 0 Å². The fraction of sp³-hybridized carbons (Fsp3) is 0.727. The van der Waals surface area contributed by atoms with Gasteiger partial charge in [-0.2, -0.15) is 0 Å². The first-order valence-corrected chi connectivity index (χ1v) is 13.6. The van der Waals surface area contributed by atoms with Crippen molar-refractivity contribution in [1.29, 1.82) is 0 Å². The molecule has 0 saturated carbocycles. The van der Waals surface area contributed by atoms with Gasteiger partial charge in [-0.25, -0.2) is 0 Å². The fourth-order valence-corrected chi connectivity index (χ4v) is 6.47. The second kappa shape index (κ2) is 14.6. The van der Waals surface area contributed by atoms with E-state index < -0.39 is 83.3 Å². The lowest BCUT2D eigenvalue weighted by atomic mass is 10.1. The van der Waals surface area contributed by atoms with Gasteiger partial charge < -0.3 is 37.9 Å². The largest absolute Gasteiger partial charge is 0.456 e. The predicted molar refractivity (Wildman–Crippen MR) is 128 cm³/mol. The Morgan fingerprint density at radius 3 is 1.00 bits per heavy atom. The van der Waals surface area contributed by atoms with Crippen molar-refractivity contribution >= 4 is 57.4 Å². The lowest BCUT2D eigenvalue weighted by Gasteiger charge is -2.42. The Labute approximate surface area is 226 Å². The van der Waals surface area contributed by atoms with Crippen LogP contribution in [0.4, 0.5) is 0 Å². The van der Waals surface area contributed by atoms with Crippen LogP contribution in [0.2, 0.25) is 0 Å². The van der Waals surface area contributed by atoms with Crippen LogP contribution >= 0.6 is 21.6 Å². The van der Waals surface area contributed by atoms with E-state index in [0.29, 0.717) is 0 Å². The van der Waals surface area contributed by atoms with Crippen molar-refractivity contribution < 1.29 is 66.7 Å². The summed E-state index contributed by atoms with van der Waals surface area (Å²) in [5.41, 5.74) is -1.92. The summed E-state index contributed by atoms with van der Waals surface area (Å²) in [6.07, 6.45) is -6.82. The van der Waals surface area contributed by atoms with Crippen molar-refractivity contribution in [1.82, 2.24) is 0 Å². The van der Waals surface area contributed by atoms with E-state index in [-0.39, 0.29) is 13.2 Å². The molecular formula is C22H30O14S2. The number of esters is 6. The monoisotopic (exact) mass is 582 g/mol. The zero-order valence-electron chi connectivity index (χ0n) is 21.6. The molecule has 0 unspecified atom stereocenters. The van der Waals surface area contributed by atoms with E-state index in [1.807, 2.05) is 0 Å². The first-order valence-electron chi connectivity index (χ1n) is 11.4. The summed E-state index contributed by atoms with van der Waals surface area (Å²) in [6, 6.07) is 0. The van der Waals surface area contributed by atoms with Crippen molar-refractivity contribution in [3.05, 3.63) is 0 Å². The number of carbonyl (C=O) groups is 6. The minimum Gasteiger partial charge on any atom is -0.456 e. The summed E-state index contributed by atoms with van der Waals surface area (Å²) in [5.74, 6) is -4.13. The van der Waals surface area contributed by atoms with Gasteiger partial charge in [0, 0.05) is 41.5 Å². The van der Waals surface area contributed by atoms with Crippen LogP contribution in [0.25, 0.3) is 0 Å². The molecule has 2 heterocycles. The Hall–Kier alpha value is -2.56. The Kier molecular flexibility index (Phi) is 12.1. The number of rotatable bonds is 9. The maximum atomic E-state index is 11.9. The van der Waals surface area contributed by atoms with E-state index in [0.717, 1.165) is 49.3 Å². The quantitative estimate of drug-likeness (QED) is 0.210. The molecule has 2 aliphatic heterocycles. The molecule has 0 aliphatic carbocycles. The van der Waals surface area contributed by atoms with Gasteiger partial charge in [0.1, 0.15) is 0 Å². The average molecular weight is 583 g/mol. The summed E-state index contributed by atoms with van der Waals surface area (Å²) < 4.78 is 43.3. The van der Waals surface area contributed by atoms with Crippen LogP contribution in [-0.2, 0) is 66.7 Å². The van der Waals surface area contributed by atoms with Crippen molar-refractivity contribution in [2.24, 2.45) is 0 Å². The van der Waals surface area contributed by atoms with E-state index in [2.05, 4.69) is 0 Å². The third-order valence-electron chi connectivity index (χ3n) is 4.85. The molecule has 0 aromatic heterocycles. The molecule has 2 fully saturated rings. The fourth-order valence-electron chi connectivity index (χ4n) is 3.69. The second-order valence-corrected chi connectivity index (χ2v) is 10.7. The highest BCUT2D eigenvalue weighted by Crippen LogP contribution is 2.43. The first kappa shape index (κ1) is 31.7. The van der Waals surface area contributed by atoms with Crippen LogP contribution in [0.5, 0.6) is 0 Å². The molecule has 0 spiro atoms. The van der Waals surface area contributed by atoms with Gasteiger partial charge in [0.25, 0.3) is 0 Å². The lowest BCUT2D eigenvalue weighted by molar-refractivity contribution is -0.213. The Morgan fingerprint density at radius 2 is 0.737 bits per heavy atom. The highest BCUT2D eigenvalue weighted by molar-refractivity contribution is 8.77. The van der Waals surface area contributed by atoms with Crippen LogP contribution in [0.1, 0.15) is 41.5 Å². The summed E-state index contributed by atoms with van der Waals surface area (Å²) in [6.45, 7) is 6.56. The highest BCUT2D eigenvalue weighted by Gasteiger charge is 2.50. The minimum absolute atomic E-state index is 0.184. The second-order valence-electron chi connectivity index (χ2n) is 8.19. The van der Waals surface area contributed by atoms with Gasteiger partial charge in [0.15, 0.2) is 47.5 Å². The molecule has 38 heavy (non-hydrogen) atoms. The first-order chi connectivity index (χ1) is 17.8. The maximum absolute atomic E-state index is 11.9. The molecule has 14 nitrogen and oxygen atoms in total. The molecule has 0 bridgehead atoms. The molecular weight excluding hydrogens is 552 g/mol. The van der Waals surface area contributed by atoms with Crippen molar-refractivity contribution in [2.45, 2.75) is 89.0 Å². The molecule has 0 N–H and O–H groups in total. The van der Waals surface area contributed by atoms with Crippen molar-refractivity contribution in [2.75, 3.05) is 13.2 Å². The lowest BCUT2D eigenvalue weighted by Crippen LogP contribution is -2.57. The van der Waals surface area contributed by atoms with E-state index in [1.165, 1.54) is 13.8 Å². The van der Waals surface area contributed by atoms with E-state index in [9.17, 15) is 28.8 Å². The number of carbonyl (C=O) groups excluding carboxylic acids is 6.